The summed E-state index contributed by atoms with van der Waals surface area (Å²) >= 11 is 19.4. The molecular formula is C36H40Cl3N5O6. The molecule has 1 aliphatic carbocycles. The number of carboxylic acid groups (broad SMARTS) is 1. The molecule has 2 saturated heterocycles. The van der Waals surface area contributed by atoms with Crippen LogP contribution in [-0.4, -0.2) is 83.4 Å². The predicted octanol–water partition coefficient (Wildman–Crippen LogP) is 7.14. The summed E-state index contributed by atoms with van der Waals surface area (Å²) in [7, 11) is 1.49. The third kappa shape index (κ3) is 8.33. The smallest absolute Gasteiger partial charge is 0.407 e. The first kappa shape index (κ1) is 35.9. The lowest BCUT2D eigenvalue weighted by molar-refractivity contribution is -0.139. The first-order valence-electron chi connectivity index (χ1n) is 16.7. The zero-order valence-corrected chi connectivity index (χ0v) is 30.2. The molecule has 1 saturated carbocycles. The fraction of sp³-hybridized carbons (Fsp3) is 0.444. The van der Waals surface area contributed by atoms with Crippen LogP contribution in [0.15, 0.2) is 48.7 Å². The van der Waals surface area contributed by atoms with Crippen LogP contribution in [0.1, 0.15) is 53.9 Å². The Labute approximate surface area is 306 Å². The molecule has 3 fully saturated rings. The number of hydrogen-bond acceptors (Lipinski definition) is 7. The maximum absolute atomic E-state index is 14.4. The Morgan fingerprint density at radius 2 is 1.74 bits per heavy atom. The van der Waals surface area contributed by atoms with Gasteiger partial charge in [0.25, 0.3) is 0 Å². The maximum atomic E-state index is 14.4. The number of nitrogens with one attached hydrogen (secondary N) is 1. The molecule has 2 aliphatic heterocycles. The number of nitrogens with zero attached hydrogens (tertiary/aromatic N) is 4. The summed E-state index contributed by atoms with van der Waals surface area (Å²) in [6.45, 7) is 4.02. The van der Waals surface area contributed by atoms with Crippen LogP contribution >= 0.6 is 34.8 Å². The maximum Gasteiger partial charge on any atom is 0.407 e. The van der Waals surface area contributed by atoms with Crippen molar-refractivity contribution in [3.63, 3.8) is 0 Å². The van der Waals surface area contributed by atoms with Gasteiger partial charge in [-0.1, -0.05) is 46.9 Å². The van der Waals surface area contributed by atoms with Gasteiger partial charge in [0.15, 0.2) is 5.75 Å². The van der Waals surface area contributed by atoms with Crippen LogP contribution in [0.5, 0.6) is 5.75 Å². The molecule has 0 spiro atoms. The molecule has 11 nitrogen and oxygen atoms in total. The van der Waals surface area contributed by atoms with E-state index in [0.29, 0.717) is 40.3 Å². The number of anilines is 1. The number of pyridine rings is 1. The molecule has 0 radical (unpaired) electrons. The summed E-state index contributed by atoms with van der Waals surface area (Å²) in [6.07, 6.45) is 3.11. The van der Waals surface area contributed by atoms with E-state index in [1.807, 2.05) is 48.4 Å². The second kappa shape index (κ2) is 15.5. The summed E-state index contributed by atoms with van der Waals surface area (Å²) in [6, 6.07) is 13.0. The lowest BCUT2D eigenvalue weighted by Crippen LogP contribution is -2.49. The summed E-state index contributed by atoms with van der Waals surface area (Å²) in [5.41, 5.74) is 3.33. The molecule has 3 atom stereocenters. The monoisotopic (exact) mass is 743 g/mol. The molecule has 50 heavy (non-hydrogen) atoms. The Hall–Kier alpha value is -3.93. The standard InChI is InChI=1S/C36H40Cl3N5O6/c1-21-13-30(38)33(31(39)14-21)50-26-9-11-42(18-26)32-8-4-23(16-41-32)27-10-12-43(36(47)48)19-28(27)34(45)44(25-5-6-25)17-24-15-22(3-7-29(24)37)20-49-35(46)40-2/h3-4,7-8,13-16,25-28H,5-6,9-12,17-20H2,1-2H3,(H,40,46)(H,47,48)/t26-,27-,28+/m1/s1. The van der Waals surface area contributed by atoms with E-state index in [1.54, 1.807) is 12.1 Å². The van der Waals surface area contributed by atoms with Crippen molar-refractivity contribution in [3.8, 4) is 5.75 Å². The molecular weight excluding hydrogens is 705 g/mol. The summed E-state index contributed by atoms with van der Waals surface area (Å²) in [4.78, 5) is 48.2. The van der Waals surface area contributed by atoms with Gasteiger partial charge in [-0.15, -0.1) is 0 Å². The van der Waals surface area contributed by atoms with Gasteiger partial charge in [-0.3, -0.25) is 4.79 Å². The van der Waals surface area contributed by atoms with Crippen molar-refractivity contribution < 1.29 is 29.0 Å². The largest absolute Gasteiger partial charge is 0.485 e. The van der Waals surface area contributed by atoms with Crippen LogP contribution in [0.2, 0.25) is 15.1 Å². The number of amides is 3. The Balaban J connectivity index is 1.17. The van der Waals surface area contributed by atoms with E-state index in [2.05, 4.69) is 10.2 Å². The SMILES string of the molecule is CNC(=O)OCc1ccc(Cl)c(CN(C(=O)[C@H]2CN(C(=O)O)CC[C@@H]2c2ccc(N3CC[C@@H](Oc4c(Cl)cc(C)cc4Cl)C3)nc2)C2CC2)c1. The van der Waals surface area contributed by atoms with Crippen molar-refractivity contribution in [1.82, 2.24) is 20.1 Å². The molecule has 0 unspecified atom stereocenters. The number of carbonyl (C=O) groups is 3. The molecule has 3 aliphatic rings. The van der Waals surface area contributed by atoms with Gasteiger partial charge < -0.3 is 34.6 Å². The average Bonchev–Trinajstić information content (AvgIpc) is 3.84. The Kier molecular flexibility index (Phi) is 11.1. The minimum Gasteiger partial charge on any atom is -0.485 e. The van der Waals surface area contributed by atoms with E-state index in [1.165, 1.54) is 11.9 Å². The van der Waals surface area contributed by atoms with Crippen LogP contribution in [-0.2, 0) is 22.7 Å². The van der Waals surface area contributed by atoms with Crippen molar-refractivity contribution in [2.75, 3.05) is 38.1 Å². The highest BCUT2D eigenvalue weighted by Crippen LogP contribution is 2.39. The summed E-state index contributed by atoms with van der Waals surface area (Å²) in [5.74, 6) is 0.358. The van der Waals surface area contributed by atoms with Crippen molar-refractivity contribution >= 4 is 58.7 Å². The average molecular weight is 745 g/mol. The van der Waals surface area contributed by atoms with Gasteiger partial charge in [0.05, 0.1) is 22.5 Å². The van der Waals surface area contributed by atoms with Gasteiger partial charge in [0, 0.05) is 62.8 Å². The van der Waals surface area contributed by atoms with Gasteiger partial charge in [-0.2, -0.15) is 0 Å². The number of ether oxygens (including phenoxy) is 2. The molecule has 3 heterocycles. The first-order chi connectivity index (χ1) is 24.0. The number of aromatic nitrogens is 1. The zero-order chi connectivity index (χ0) is 35.5. The molecule has 2 aromatic carbocycles. The van der Waals surface area contributed by atoms with E-state index in [0.717, 1.165) is 53.9 Å². The van der Waals surface area contributed by atoms with E-state index < -0.39 is 18.1 Å². The summed E-state index contributed by atoms with van der Waals surface area (Å²) < 4.78 is 11.4. The molecule has 14 heteroatoms. The number of carbonyl (C=O) groups excluding carboxylic acids is 2. The van der Waals surface area contributed by atoms with Crippen LogP contribution in [0, 0.1) is 12.8 Å². The van der Waals surface area contributed by atoms with E-state index in [9.17, 15) is 19.5 Å². The molecule has 1 aromatic heterocycles. The second-order valence-electron chi connectivity index (χ2n) is 13.2. The number of alkyl carbamates (subject to hydrolysis) is 1. The van der Waals surface area contributed by atoms with Gasteiger partial charge in [-0.25, -0.2) is 14.6 Å². The summed E-state index contributed by atoms with van der Waals surface area (Å²) in [5, 5.41) is 13.8. The molecule has 6 rings (SSSR count). The number of rotatable bonds is 10. The predicted molar refractivity (Wildman–Crippen MR) is 191 cm³/mol. The van der Waals surface area contributed by atoms with E-state index in [4.69, 9.17) is 49.3 Å². The first-order valence-corrected chi connectivity index (χ1v) is 17.9. The lowest BCUT2D eigenvalue weighted by atomic mass is 9.80. The lowest BCUT2D eigenvalue weighted by Gasteiger charge is -2.39. The number of piperidine rings is 1. The van der Waals surface area contributed by atoms with Crippen LogP contribution in [0.25, 0.3) is 0 Å². The van der Waals surface area contributed by atoms with Crippen molar-refractivity contribution in [2.45, 2.75) is 63.8 Å². The molecule has 0 bridgehead atoms. The third-order valence-corrected chi connectivity index (χ3v) is 10.5. The van der Waals surface area contributed by atoms with Gasteiger partial charge in [0.2, 0.25) is 5.91 Å². The molecule has 3 aromatic rings. The van der Waals surface area contributed by atoms with E-state index >= 15 is 0 Å². The van der Waals surface area contributed by atoms with Gasteiger partial charge in [-0.05, 0) is 78.8 Å². The van der Waals surface area contributed by atoms with Crippen molar-refractivity contribution in [3.05, 3.63) is 86.0 Å². The zero-order valence-electron chi connectivity index (χ0n) is 27.9. The molecule has 3 amide bonds. The second-order valence-corrected chi connectivity index (χ2v) is 14.4. The van der Waals surface area contributed by atoms with Crippen LogP contribution in [0.3, 0.4) is 0 Å². The highest BCUT2D eigenvalue weighted by Gasteiger charge is 2.43. The van der Waals surface area contributed by atoms with Gasteiger partial charge in [0.1, 0.15) is 18.5 Å². The number of likely N-dealkylation sites (tertiary alicyclic amines) is 1. The van der Waals surface area contributed by atoms with Crippen LogP contribution in [0.4, 0.5) is 15.4 Å². The fourth-order valence-corrected chi connectivity index (χ4v) is 7.67. The number of hydrogen-bond donors (Lipinski definition) is 2. The van der Waals surface area contributed by atoms with Crippen molar-refractivity contribution in [1.29, 1.82) is 0 Å². The Morgan fingerprint density at radius 1 is 0.980 bits per heavy atom. The quantitative estimate of drug-likeness (QED) is 0.225. The minimum absolute atomic E-state index is 0.0423. The van der Waals surface area contributed by atoms with Crippen molar-refractivity contribution in [2.24, 2.45) is 5.92 Å². The third-order valence-electron chi connectivity index (χ3n) is 9.59. The minimum atomic E-state index is -1.04. The highest BCUT2D eigenvalue weighted by molar-refractivity contribution is 6.37. The van der Waals surface area contributed by atoms with Gasteiger partial charge >= 0.3 is 12.2 Å². The Morgan fingerprint density at radius 3 is 2.40 bits per heavy atom. The topological polar surface area (TPSA) is 125 Å². The normalized spacial score (nSPS) is 20.4. The highest BCUT2D eigenvalue weighted by atomic mass is 35.5. The Bertz CT molecular complexity index is 1720. The van der Waals surface area contributed by atoms with E-state index in [-0.39, 0.29) is 43.7 Å². The van der Waals surface area contributed by atoms with Crippen LogP contribution < -0.4 is 15.0 Å². The fourth-order valence-electron chi connectivity index (χ4n) is 6.81. The number of halogens is 3. The molecule has 2 N–H and O–H groups in total. The molecule has 266 valence electrons. The number of benzene rings is 2. The number of aryl methyl sites for hydroxylation is 1.